The van der Waals surface area contributed by atoms with Crippen LogP contribution in [0.2, 0.25) is 10.0 Å². The van der Waals surface area contributed by atoms with E-state index < -0.39 is 0 Å². The maximum absolute atomic E-state index is 11.9. The van der Waals surface area contributed by atoms with Crippen LogP contribution in [0, 0.1) is 27.7 Å². The zero-order valence-corrected chi connectivity index (χ0v) is 27.1. The zero-order chi connectivity index (χ0) is 28.0. The van der Waals surface area contributed by atoms with Gasteiger partial charge in [0.2, 0.25) is 0 Å². The van der Waals surface area contributed by atoms with E-state index in [1.165, 1.54) is 0 Å². The number of rotatable bonds is 4. The molecule has 4 rings (SSSR count). The van der Waals surface area contributed by atoms with E-state index in [2.05, 4.69) is 41.8 Å². The quantitative estimate of drug-likeness (QED) is 0.155. The van der Waals surface area contributed by atoms with E-state index in [4.69, 9.17) is 23.2 Å². The second-order valence-electron chi connectivity index (χ2n) is 8.61. The van der Waals surface area contributed by atoms with E-state index in [1.54, 1.807) is 36.7 Å². The maximum Gasteiger partial charge on any atom is 2.00 e. The Kier molecular flexibility index (Phi) is 12.8. The van der Waals surface area contributed by atoms with Crippen molar-refractivity contribution in [1.82, 2.24) is 0 Å². The zero-order valence-electron chi connectivity index (χ0n) is 21.5. The Bertz CT molecular complexity index is 1390. The largest absolute Gasteiger partial charge is 2.00 e. The number of nitrogens with zero attached hydrogens (tertiary/aromatic N) is 2. The molecule has 0 aliphatic carbocycles. The third-order valence-corrected chi connectivity index (χ3v) is 7.23. The van der Waals surface area contributed by atoms with Crippen LogP contribution in [-0.4, -0.2) is 12.4 Å². The van der Waals surface area contributed by atoms with Crippen LogP contribution >= 0.6 is 55.1 Å². The van der Waals surface area contributed by atoms with Crippen molar-refractivity contribution in [1.29, 1.82) is 0 Å². The molecule has 0 atom stereocenters. The molecule has 4 aromatic carbocycles. The second kappa shape index (κ2) is 15.0. The minimum atomic E-state index is -0.112. The average Bonchev–Trinajstić information content (AvgIpc) is 2.84. The topological polar surface area (TPSA) is 70.8 Å². The van der Waals surface area contributed by atoms with Crippen molar-refractivity contribution in [2.75, 3.05) is 0 Å². The number of hydrogen-bond acceptors (Lipinski definition) is 4. The fourth-order valence-corrected chi connectivity index (χ4v) is 5.31. The predicted octanol–water partition coefficient (Wildman–Crippen LogP) is 9.08. The first kappa shape index (κ1) is 33.1. The molecule has 0 aliphatic rings. The molecular weight excluding hydrogens is 715 g/mol. The molecule has 4 nitrogen and oxygen atoms in total. The summed E-state index contributed by atoms with van der Waals surface area (Å²) in [6, 6.07) is 18.3. The first-order valence-corrected chi connectivity index (χ1v) is 13.8. The van der Waals surface area contributed by atoms with Crippen LogP contribution in [0.4, 0.5) is 11.4 Å². The molecule has 205 valence electrons. The van der Waals surface area contributed by atoms with E-state index >= 15 is 0 Å². The summed E-state index contributed by atoms with van der Waals surface area (Å²) in [5, 5.41) is 24.8. The Hall–Kier alpha value is -2.12. The van der Waals surface area contributed by atoms with Crippen LogP contribution in [0.15, 0.2) is 79.6 Å². The number of para-hydroxylation sites is 2. The summed E-state index contributed by atoms with van der Waals surface area (Å²) >= 11 is 18.3. The van der Waals surface area contributed by atoms with Crippen molar-refractivity contribution in [2.24, 2.45) is 9.98 Å². The molecule has 0 saturated carbocycles. The molecule has 0 aromatic heterocycles. The minimum absolute atomic E-state index is 0. The van der Waals surface area contributed by atoms with Crippen molar-refractivity contribution in [2.45, 2.75) is 27.7 Å². The maximum atomic E-state index is 11.9. The Balaban J connectivity index is 0.000000267. The first-order valence-electron chi connectivity index (χ1n) is 11.5. The SMILES string of the molecule is Cc1cccc(C)c1N=Cc1cc(Cl)cc(Br)c1[O-].Cc1cccc(C)c1N=Cc1cc(Cl)cc(Br)c1[O-].[Cu+2]. The first-order chi connectivity index (χ1) is 18.0. The van der Waals surface area contributed by atoms with Gasteiger partial charge in [-0.15, -0.1) is 0 Å². The molecular formula is C30H24Br2Cl2CuN2O2. The van der Waals surface area contributed by atoms with Gasteiger partial charge in [-0.25, -0.2) is 0 Å². The van der Waals surface area contributed by atoms with Crippen molar-refractivity contribution in [3.05, 3.63) is 113 Å². The molecule has 0 spiro atoms. The van der Waals surface area contributed by atoms with E-state index in [9.17, 15) is 10.2 Å². The van der Waals surface area contributed by atoms with Crippen molar-refractivity contribution in [3.63, 3.8) is 0 Å². The summed E-state index contributed by atoms with van der Waals surface area (Å²) in [6.45, 7) is 7.97. The monoisotopic (exact) mass is 735 g/mol. The predicted molar refractivity (Wildman–Crippen MR) is 164 cm³/mol. The number of halogens is 4. The third-order valence-electron chi connectivity index (χ3n) is 5.62. The van der Waals surface area contributed by atoms with Crippen LogP contribution in [0.25, 0.3) is 0 Å². The summed E-state index contributed by atoms with van der Waals surface area (Å²) in [5.74, 6) is -0.223. The van der Waals surface area contributed by atoms with E-state index in [1.807, 2.05) is 64.1 Å². The van der Waals surface area contributed by atoms with E-state index in [0.29, 0.717) is 30.1 Å². The summed E-state index contributed by atoms with van der Waals surface area (Å²) < 4.78 is 0.894. The number of hydrogen-bond donors (Lipinski definition) is 0. The van der Waals surface area contributed by atoms with Gasteiger partial charge in [0.1, 0.15) is 0 Å². The molecule has 39 heavy (non-hydrogen) atoms. The fourth-order valence-electron chi connectivity index (χ4n) is 3.64. The fraction of sp³-hybridized carbons (Fsp3) is 0.133. The molecule has 0 saturated heterocycles. The summed E-state index contributed by atoms with van der Waals surface area (Å²) in [4.78, 5) is 8.83. The number of aliphatic imine (C=N–C) groups is 2. The van der Waals surface area contributed by atoms with Gasteiger partial charge in [-0.2, -0.15) is 0 Å². The van der Waals surface area contributed by atoms with E-state index in [-0.39, 0.29) is 28.6 Å². The number of benzene rings is 4. The Morgan fingerprint density at radius 2 is 0.923 bits per heavy atom. The van der Waals surface area contributed by atoms with Crippen molar-refractivity contribution < 1.29 is 27.3 Å². The number of aryl methyl sites for hydroxylation is 4. The molecule has 0 amide bonds. The molecule has 4 aromatic rings. The Labute approximate surface area is 266 Å². The van der Waals surface area contributed by atoms with Gasteiger partial charge in [0.25, 0.3) is 0 Å². The van der Waals surface area contributed by atoms with Gasteiger partial charge in [0.05, 0.1) is 11.4 Å². The molecule has 1 radical (unpaired) electrons. The van der Waals surface area contributed by atoms with Crippen LogP contribution < -0.4 is 10.2 Å². The van der Waals surface area contributed by atoms with Gasteiger partial charge in [-0.05, 0) is 85.3 Å². The van der Waals surface area contributed by atoms with Gasteiger partial charge in [-0.3, -0.25) is 9.98 Å². The molecule has 0 bridgehead atoms. The van der Waals surface area contributed by atoms with Gasteiger partial charge < -0.3 is 10.2 Å². The summed E-state index contributed by atoms with van der Waals surface area (Å²) in [7, 11) is 0. The van der Waals surface area contributed by atoms with Crippen molar-refractivity contribution in [3.8, 4) is 11.5 Å². The van der Waals surface area contributed by atoms with Crippen LogP contribution in [0.5, 0.6) is 11.5 Å². The molecule has 9 heteroatoms. The molecule has 0 N–H and O–H groups in total. The third kappa shape index (κ3) is 8.94. The normalized spacial score (nSPS) is 10.9. The van der Waals surface area contributed by atoms with Gasteiger partial charge in [-0.1, -0.05) is 103 Å². The Morgan fingerprint density at radius 1 is 0.615 bits per heavy atom. The molecule has 0 unspecified atom stereocenters. The van der Waals surface area contributed by atoms with Gasteiger partial charge >= 0.3 is 17.1 Å². The average molecular weight is 739 g/mol. The smallest absolute Gasteiger partial charge is 0.871 e. The van der Waals surface area contributed by atoms with Crippen LogP contribution in [-0.2, 0) is 17.1 Å². The molecule has 0 heterocycles. The summed E-state index contributed by atoms with van der Waals surface area (Å²) in [5.41, 5.74) is 7.02. The van der Waals surface area contributed by atoms with Crippen molar-refractivity contribution >= 4 is 78.9 Å². The standard InChI is InChI=1S/2C15H13BrClNO.Cu/c2*1-9-4-3-5-10(2)14(9)18-8-11-6-12(17)7-13(16)15(11)19;/h2*3-8,19H,1-2H3;/q;;+2/p-2. The van der Waals surface area contributed by atoms with Crippen LogP contribution in [0.1, 0.15) is 33.4 Å². The van der Waals surface area contributed by atoms with Crippen LogP contribution in [0.3, 0.4) is 0 Å². The van der Waals surface area contributed by atoms with Gasteiger partial charge in [0, 0.05) is 31.4 Å². The summed E-state index contributed by atoms with van der Waals surface area (Å²) in [6.07, 6.45) is 3.13. The van der Waals surface area contributed by atoms with E-state index in [0.717, 1.165) is 33.6 Å². The molecule has 0 fully saturated rings. The van der Waals surface area contributed by atoms with Gasteiger partial charge in [0.15, 0.2) is 0 Å². The minimum Gasteiger partial charge on any atom is -0.871 e. The molecule has 0 aliphatic heterocycles. The Morgan fingerprint density at radius 3 is 1.23 bits per heavy atom. The second-order valence-corrected chi connectivity index (χ2v) is 11.2.